The molecule has 2 rings (SSSR count). The minimum atomic E-state index is -0.532. The van der Waals surface area contributed by atoms with Gasteiger partial charge >= 0.3 is 0 Å². The molecule has 0 aromatic heterocycles. The van der Waals surface area contributed by atoms with Crippen LogP contribution >= 0.6 is 0 Å². The number of terminal acetylenes is 1. The van der Waals surface area contributed by atoms with Crippen molar-refractivity contribution in [3.8, 4) is 12.3 Å². The number of hydrogen-bond acceptors (Lipinski definition) is 1. The van der Waals surface area contributed by atoms with E-state index >= 15 is 0 Å². The molecule has 2 aliphatic rings. The Labute approximate surface area is 114 Å². The van der Waals surface area contributed by atoms with Crippen molar-refractivity contribution in [3.05, 3.63) is 47.4 Å². The molecule has 1 spiro atoms. The van der Waals surface area contributed by atoms with E-state index in [-0.39, 0.29) is 5.60 Å². The fourth-order valence-corrected chi connectivity index (χ4v) is 2.78. The lowest BCUT2D eigenvalue weighted by Crippen LogP contribution is -2.31. The summed E-state index contributed by atoms with van der Waals surface area (Å²) in [6.07, 6.45) is 14.1. The second-order valence-electron chi connectivity index (χ2n) is 5.01. The van der Waals surface area contributed by atoms with Crippen LogP contribution in [0.5, 0.6) is 0 Å². The number of hydrogen-bond donors (Lipinski definition) is 0. The third kappa shape index (κ3) is 2.72. The molecule has 1 nitrogen and oxygen atoms in total. The second-order valence-corrected chi connectivity index (χ2v) is 5.01. The topological polar surface area (TPSA) is 9.23 Å². The third-order valence-electron chi connectivity index (χ3n) is 4.00. The Morgan fingerprint density at radius 1 is 1.58 bits per heavy atom. The monoisotopic (exact) mass is 258 g/mol. The Hall–Kier alpha value is -1.59. The number of ether oxygens (including phenoxy) is 1. The summed E-state index contributed by atoms with van der Waals surface area (Å²) in [7, 11) is 0. The van der Waals surface area contributed by atoms with Gasteiger partial charge in [0, 0.05) is 0 Å². The van der Waals surface area contributed by atoms with Crippen molar-refractivity contribution in [3.63, 3.8) is 0 Å². The maximum absolute atomic E-state index is 13.2. The van der Waals surface area contributed by atoms with E-state index in [1.165, 1.54) is 11.6 Å². The summed E-state index contributed by atoms with van der Waals surface area (Å²) in [4.78, 5) is 0. The standard InChI is InChI=1S/C17H19FO/c1-4-14(12-16(18)5-2)15-6-9-17(10-7-15)13(3)8-11-19-17/h2,4,6,12H,3,7-11H2,1H3/b14-4+,16-12+. The number of rotatable bonds is 2. The van der Waals surface area contributed by atoms with Gasteiger partial charge < -0.3 is 4.74 Å². The van der Waals surface area contributed by atoms with Crippen molar-refractivity contribution < 1.29 is 9.13 Å². The molecule has 100 valence electrons. The third-order valence-corrected chi connectivity index (χ3v) is 4.00. The minimum absolute atomic E-state index is 0.170. The molecule has 19 heavy (non-hydrogen) atoms. The fraction of sp³-hybridized carbons (Fsp3) is 0.412. The van der Waals surface area contributed by atoms with Crippen LogP contribution in [-0.4, -0.2) is 12.2 Å². The van der Waals surface area contributed by atoms with Gasteiger partial charge in [0.25, 0.3) is 0 Å². The summed E-state index contributed by atoms with van der Waals surface area (Å²) in [6.45, 7) is 6.78. The molecule has 0 aromatic carbocycles. The highest BCUT2D eigenvalue weighted by molar-refractivity contribution is 5.45. The van der Waals surface area contributed by atoms with Crippen molar-refractivity contribution in [2.45, 2.75) is 38.2 Å². The minimum Gasteiger partial charge on any atom is -0.370 e. The van der Waals surface area contributed by atoms with Crippen LogP contribution in [0.25, 0.3) is 0 Å². The highest BCUT2D eigenvalue weighted by atomic mass is 19.1. The predicted octanol–water partition coefficient (Wildman–Crippen LogP) is 4.24. The summed E-state index contributed by atoms with van der Waals surface area (Å²) in [5.41, 5.74) is 3.03. The molecule has 0 saturated carbocycles. The van der Waals surface area contributed by atoms with Gasteiger partial charge in [0.1, 0.15) is 0 Å². The first-order valence-electron chi connectivity index (χ1n) is 6.63. The van der Waals surface area contributed by atoms with E-state index in [2.05, 4.69) is 12.7 Å². The van der Waals surface area contributed by atoms with E-state index in [1.807, 2.05) is 18.9 Å². The normalized spacial score (nSPS) is 28.5. The Bertz CT molecular complexity index is 516. The summed E-state index contributed by atoms with van der Waals surface area (Å²) in [6, 6.07) is 0. The lowest BCUT2D eigenvalue weighted by atomic mass is 9.79. The van der Waals surface area contributed by atoms with Gasteiger partial charge in [0.2, 0.25) is 0 Å². The molecule has 1 saturated heterocycles. The Morgan fingerprint density at radius 2 is 2.37 bits per heavy atom. The zero-order valence-electron chi connectivity index (χ0n) is 11.3. The van der Waals surface area contributed by atoms with Gasteiger partial charge in [-0.3, -0.25) is 0 Å². The van der Waals surface area contributed by atoms with Crippen LogP contribution in [0.15, 0.2) is 47.4 Å². The molecular weight excluding hydrogens is 239 g/mol. The molecule has 1 heterocycles. The molecule has 1 fully saturated rings. The summed E-state index contributed by atoms with van der Waals surface area (Å²) < 4.78 is 19.1. The molecular formula is C17H19FO. The number of halogens is 1. The van der Waals surface area contributed by atoms with Gasteiger partial charge in [-0.1, -0.05) is 18.7 Å². The smallest absolute Gasteiger partial charge is 0.173 e. The average Bonchev–Trinajstić information content (AvgIpc) is 2.78. The van der Waals surface area contributed by atoms with Crippen LogP contribution in [0, 0.1) is 12.3 Å². The average molecular weight is 258 g/mol. The first-order chi connectivity index (χ1) is 9.11. The van der Waals surface area contributed by atoms with E-state index in [4.69, 9.17) is 11.2 Å². The van der Waals surface area contributed by atoms with Gasteiger partial charge in [-0.05, 0) is 61.3 Å². The molecule has 2 heteroatoms. The molecule has 0 N–H and O–H groups in total. The van der Waals surface area contributed by atoms with Crippen molar-refractivity contribution in [1.29, 1.82) is 0 Å². The molecule has 0 amide bonds. The van der Waals surface area contributed by atoms with Crippen molar-refractivity contribution >= 4 is 0 Å². The van der Waals surface area contributed by atoms with Crippen LogP contribution < -0.4 is 0 Å². The first-order valence-corrected chi connectivity index (χ1v) is 6.63. The lowest BCUT2D eigenvalue weighted by molar-refractivity contribution is 0.0170. The van der Waals surface area contributed by atoms with Crippen molar-refractivity contribution in [2.75, 3.05) is 6.61 Å². The largest absolute Gasteiger partial charge is 0.370 e. The first kappa shape index (κ1) is 13.8. The van der Waals surface area contributed by atoms with Crippen LogP contribution in [-0.2, 0) is 4.74 Å². The van der Waals surface area contributed by atoms with Crippen LogP contribution in [0.1, 0.15) is 32.6 Å². The van der Waals surface area contributed by atoms with Gasteiger partial charge in [0.15, 0.2) is 5.83 Å². The van der Waals surface area contributed by atoms with Gasteiger partial charge in [-0.15, -0.1) is 6.42 Å². The van der Waals surface area contributed by atoms with E-state index in [0.717, 1.165) is 43.4 Å². The molecule has 0 radical (unpaired) electrons. The lowest BCUT2D eigenvalue weighted by Gasteiger charge is -2.33. The maximum Gasteiger partial charge on any atom is 0.173 e. The molecule has 1 aliphatic carbocycles. The molecule has 1 aliphatic heterocycles. The summed E-state index contributed by atoms with van der Waals surface area (Å²) in [5, 5.41) is 0. The quantitative estimate of drug-likeness (QED) is 0.409. The molecule has 1 unspecified atom stereocenters. The maximum atomic E-state index is 13.2. The van der Waals surface area contributed by atoms with Crippen LogP contribution in [0.2, 0.25) is 0 Å². The Kier molecular flexibility index (Phi) is 4.07. The van der Waals surface area contributed by atoms with Crippen LogP contribution in [0.3, 0.4) is 0 Å². The van der Waals surface area contributed by atoms with E-state index < -0.39 is 5.83 Å². The SMILES string of the molecule is C#C/C(F)=C\C(=C/C)C1=CCC2(CC1)OCCC2=C. The molecule has 0 aromatic rings. The van der Waals surface area contributed by atoms with Crippen LogP contribution in [0.4, 0.5) is 4.39 Å². The zero-order valence-corrected chi connectivity index (χ0v) is 11.3. The van der Waals surface area contributed by atoms with Gasteiger partial charge in [-0.2, -0.15) is 4.39 Å². The highest BCUT2D eigenvalue weighted by Gasteiger charge is 2.39. The van der Waals surface area contributed by atoms with E-state index in [1.54, 1.807) is 0 Å². The Morgan fingerprint density at radius 3 is 2.84 bits per heavy atom. The van der Waals surface area contributed by atoms with Crippen molar-refractivity contribution in [2.24, 2.45) is 0 Å². The second kappa shape index (κ2) is 5.59. The van der Waals surface area contributed by atoms with E-state index in [9.17, 15) is 4.39 Å². The van der Waals surface area contributed by atoms with Gasteiger partial charge in [-0.25, -0.2) is 0 Å². The van der Waals surface area contributed by atoms with E-state index in [0.29, 0.717) is 0 Å². The summed E-state index contributed by atoms with van der Waals surface area (Å²) >= 11 is 0. The summed E-state index contributed by atoms with van der Waals surface area (Å²) in [5.74, 6) is 1.48. The van der Waals surface area contributed by atoms with Gasteiger partial charge in [0.05, 0.1) is 12.2 Å². The number of allylic oxidation sites excluding steroid dienone is 5. The fourth-order valence-electron chi connectivity index (χ4n) is 2.78. The Balaban J connectivity index is 2.17. The molecule has 0 bridgehead atoms. The highest BCUT2D eigenvalue weighted by Crippen LogP contribution is 2.43. The predicted molar refractivity (Wildman–Crippen MR) is 76.2 cm³/mol. The zero-order chi connectivity index (χ0) is 13.9. The van der Waals surface area contributed by atoms with Crippen molar-refractivity contribution in [1.82, 2.24) is 0 Å². The molecule has 1 atom stereocenters.